The van der Waals surface area contributed by atoms with Crippen LogP contribution in [0.4, 0.5) is 0 Å². The van der Waals surface area contributed by atoms with Crippen molar-refractivity contribution in [2.24, 2.45) is 0 Å². The van der Waals surface area contributed by atoms with Crippen molar-refractivity contribution >= 4 is 5.91 Å². The van der Waals surface area contributed by atoms with Crippen LogP contribution in [0.25, 0.3) is 0 Å². The molecule has 17 unspecified atom stereocenters. The van der Waals surface area contributed by atoms with Gasteiger partial charge in [-0.2, -0.15) is 0 Å². The van der Waals surface area contributed by atoms with Crippen LogP contribution >= 0.6 is 0 Å². The standard InChI is InChI=1S/C69H115NO18/c1-3-5-7-9-11-13-15-17-18-19-20-21-22-23-24-25-26-27-28-29-30-31-32-33-34-35-37-39-41-43-45-47-57(75)70-52(53(74)46-44-42-40-38-36-16-14-12-10-8-6-4-2)51-83-67-63(81)60(78)65(55(49-72)85-67)88-69-64(82)61(79)66(56(50-73)86-69)87-68-62(80)59(77)58(76)54(48-71)84-68/h5,7,10-13,17-18,20-21,23-24,26-27,36,38,44,46,52-56,58-69,71-74,76-82H,3-4,6,8-9,14-16,19,22,25,28-35,37,39-43,45,47-51H2,1-2H3,(H,70,75)/b7-5-,12-10+,13-11-,18-17-,21-20-,24-23-,27-26-,38-36+,46-44+. The molecule has 3 rings (SSSR count). The normalized spacial score (nSPS) is 29.1. The van der Waals surface area contributed by atoms with Crippen LogP contribution in [0.5, 0.6) is 0 Å². The van der Waals surface area contributed by atoms with E-state index in [0.29, 0.717) is 12.8 Å². The van der Waals surface area contributed by atoms with Gasteiger partial charge in [0.05, 0.1) is 38.6 Å². The van der Waals surface area contributed by atoms with Gasteiger partial charge in [0.1, 0.15) is 73.2 Å². The number of ether oxygens (including phenoxy) is 6. The molecule has 1 amide bonds. The van der Waals surface area contributed by atoms with E-state index in [-0.39, 0.29) is 18.9 Å². The predicted octanol–water partition coefficient (Wildman–Crippen LogP) is 7.88. The highest BCUT2D eigenvalue weighted by molar-refractivity contribution is 5.76. The lowest BCUT2D eigenvalue weighted by atomic mass is 9.96. The number of aliphatic hydroxyl groups is 11. The van der Waals surface area contributed by atoms with Gasteiger partial charge in [-0.15, -0.1) is 0 Å². The number of rotatable bonds is 48. The maximum absolute atomic E-state index is 13.4. The molecule has 3 aliphatic rings. The van der Waals surface area contributed by atoms with Crippen LogP contribution in [0.3, 0.4) is 0 Å². The van der Waals surface area contributed by atoms with Crippen molar-refractivity contribution in [3.05, 3.63) is 109 Å². The van der Waals surface area contributed by atoms with Crippen LogP contribution in [-0.4, -0.2) is 193 Å². The summed E-state index contributed by atoms with van der Waals surface area (Å²) in [6.45, 7) is 1.50. The molecule has 0 aromatic rings. The first-order chi connectivity index (χ1) is 42.8. The Morgan fingerprint density at radius 2 is 0.795 bits per heavy atom. The molecule has 0 spiro atoms. The van der Waals surface area contributed by atoms with Gasteiger partial charge in [-0.1, -0.05) is 200 Å². The molecule has 0 aromatic heterocycles. The average Bonchev–Trinajstić information content (AvgIpc) is 1.54. The highest BCUT2D eigenvalue weighted by Gasteiger charge is 2.53. The van der Waals surface area contributed by atoms with Gasteiger partial charge in [-0.25, -0.2) is 0 Å². The van der Waals surface area contributed by atoms with Crippen molar-refractivity contribution in [1.82, 2.24) is 5.32 Å². The molecule has 19 heteroatoms. The molecule has 504 valence electrons. The zero-order chi connectivity index (χ0) is 64.0. The van der Waals surface area contributed by atoms with E-state index in [1.807, 2.05) is 6.08 Å². The Bertz CT molecular complexity index is 2020. The van der Waals surface area contributed by atoms with Gasteiger partial charge in [0.25, 0.3) is 0 Å². The molecule has 0 bridgehead atoms. The molecule has 19 nitrogen and oxygen atoms in total. The van der Waals surface area contributed by atoms with Crippen molar-refractivity contribution in [2.45, 2.75) is 291 Å². The number of nitrogens with one attached hydrogen (secondary N) is 1. The summed E-state index contributed by atoms with van der Waals surface area (Å²) in [4.78, 5) is 13.4. The summed E-state index contributed by atoms with van der Waals surface area (Å²) in [5, 5.41) is 120. The first-order valence-electron chi connectivity index (χ1n) is 33.1. The van der Waals surface area contributed by atoms with E-state index >= 15 is 0 Å². The molecular weight excluding hydrogens is 1130 g/mol. The minimum atomic E-state index is -1.99. The zero-order valence-electron chi connectivity index (χ0n) is 52.9. The van der Waals surface area contributed by atoms with E-state index < -0.39 is 124 Å². The number of carbonyl (C=O) groups excluding carboxylic acids is 1. The summed E-state index contributed by atoms with van der Waals surface area (Å²) in [5.41, 5.74) is 0. The third-order valence-corrected chi connectivity index (χ3v) is 15.8. The third kappa shape index (κ3) is 32.1. The molecule has 17 atom stereocenters. The number of unbranched alkanes of at least 4 members (excludes halogenated alkanes) is 16. The van der Waals surface area contributed by atoms with E-state index in [4.69, 9.17) is 28.4 Å². The molecule has 3 heterocycles. The molecule has 0 aromatic carbocycles. The van der Waals surface area contributed by atoms with Crippen molar-refractivity contribution in [2.75, 3.05) is 26.4 Å². The molecule has 3 saturated heterocycles. The van der Waals surface area contributed by atoms with Crippen molar-refractivity contribution in [3.8, 4) is 0 Å². The first-order valence-corrected chi connectivity index (χ1v) is 33.1. The van der Waals surface area contributed by atoms with Crippen molar-refractivity contribution < 1.29 is 89.4 Å². The predicted molar refractivity (Wildman–Crippen MR) is 341 cm³/mol. The summed E-state index contributed by atoms with van der Waals surface area (Å²) in [6.07, 6.45) is 39.4. The van der Waals surface area contributed by atoms with Crippen LogP contribution in [0, 0.1) is 0 Å². The van der Waals surface area contributed by atoms with E-state index in [2.05, 4.69) is 116 Å². The Hall–Kier alpha value is -3.55. The number of aliphatic hydroxyl groups excluding tert-OH is 11. The largest absolute Gasteiger partial charge is 0.394 e. The monoisotopic (exact) mass is 1250 g/mol. The summed E-state index contributed by atoms with van der Waals surface area (Å²) in [5.74, 6) is -0.299. The number of amides is 1. The Morgan fingerprint density at radius 3 is 1.27 bits per heavy atom. The van der Waals surface area contributed by atoms with E-state index in [1.54, 1.807) is 6.08 Å². The lowest BCUT2D eigenvalue weighted by Crippen LogP contribution is -2.66. The summed E-state index contributed by atoms with van der Waals surface area (Å²) in [6, 6.07) is -1.00. The fourth-order valence-corrected chi connectivity index (χ4v) is 10.4. The highest BCUT2D eigenvalue weighted by atomic mass is 16.8. The second kappa shape index (κ2) is 50.1. The van der Waals surface area contributed by atoms with Gasteiger partial charge >= 0.3 is 0 Å². The smallest absolute Gasteiger partial charge is 0.220 e. The van der Waals surface area contributed by atoms with Gasteiger partial charge in [0.2, 0.25) is 5.91 Å². The molecule has 0 aliphatic carbocycles. The zero-order valence-corrected chi connectivity index (χ0v) is 52.9. The maximum Gasteiger partial charge on any atom is 0.220 e. The second-order valence-electron chi connectivity index (χ2n) is 23.2. The van der Waals surface area contributed by atoms with Crippen LogP contribution in [0.15, 0.2) is 109 Å². The Kier molecular flexibility index (Phi) is 44.8. The van der Waals surface area contributed by atoms with Gasteiger partial charge in [0.15, 0.2) is 18.9 Å². The SMILES string of the molecule is CC/C=C\C/C=C\C/C=C\C/C=C\C/C=C\C/C=C\CCCCCCCCCCCCCCC(=O)NC(COC1OC(CO)C(OC2OC(CO)C(OC3OC(CO)C(O)C(O)C3O)C(O)C2O)C(O)C1O)C(O)/C=C/CC/C=C/CC/C=C/CCCC. The lowest BCUT2D eigenvalue weighted by Gasteiger charge is -2.48. The Labute approximate surface area is 525 Å². The number of hydrogen-bond donors (Lipinski definition) is 12. The Balaban J connectivity index is 1.39. The van der Waals surface area contributed by atoms with Gasteiger partial charge in [-0.05, 0) is 89.9 Å². The van der Waals surface area contributed by atoms with E-state index in [0.717, 1.165) is 96.3 Å². The van der Waals surface area contributed by atoms with Crippen LogP contribution in [-0.2, 0) is 33.2 Å². The fraction of sp³-hybridized carbons (Fsp3) is 0.725. The minimum Gasteiger partial charge on any atom is -0.394 e. The second-order valence-corrected chi connectivity index (χ2v) is 23.2. The van der Waals surface area contributed by atoms with E-state index in [1.165, 1.54) is 57.8 Å². The van der Waals surface area contributed by atoms with Crippen molar-refractivity contribution in [3.63, 3.8) is 0 Å². The fourth-order valence-electron chi connectivity index (χ4n) is 10.4. The molecular formula is C69H115NO18. The lowest BCUT2D eigenvalue weighted by molar-refractivity contribution is -0.379. The van der Waals surface area contributed by atoms with Crippen LogP contribution in [0.2, 0.25) is 0 Å². The average molecular weight is 1250 g/mol. The van der Waals surface area contributed by atoms with Gasteiger partial charge in [-0.3, -0.25) is 4.79 Å². The molecule has 0 radical (unpaired) electrons. The number of allylic oxidation sites excluding steroid dienone is 17. The minimum absolute atomic E-state index is 0.222. The summed E-state index contributed by atoms with van der Waals surface area (Å²) in [7, 11) is 0. The first kappa shape index (κ1) is 78.7. The molecule has 88 heavy (non-hydrogen) atoms. The van der Waals surface area contributed by atoms with E-state index in [9.17, 15) is 61.0 Å². The van der Waals surface area contributed by atoms with Crippen LogP contribution < -0.4 is 5.32 Å². The van der Waals surface area contributed by atoms with Crippen LogP contribution in [0.1, 0.15) is 187 Å². The summed E-state index contributed by atoms with van der Waals surface area (Å²) >= 11 is 0. The highest BCUT2D eigenvalue weighted by Crippen LogP contribution is 2.33. The molecule has 12 N–H and O–H groups in total. The quantitative estimate of drug-likeness (QED) is 0.0204. The number of hydrogen-bond acceptors (Lipinski definition) is 18. The van der Waals surface area contributed by atoms with Gasteiger partial charge < -0.3 is 89.9 Å². The molecule has 0 saturated carbocycles. The molecule has 3 aliphatic heterocycles. The number of carbonyl (C=O) groups is 1. The maximum atomic E-state index is 13.4. The van der Waals surface area contributed by atoms with Gasteiger partial charge in [0, 0.05) is 6.42 Å². The third-order valence-electron chi connectivity index (χ3n) is 15.8. The molecule has 3 fully saturated rings. The Morgan fingerprint density at radius 1 is 0.420 bits per heavy atom. The summed E-state index contributed by atoms with van der Waals surface area (Å²) < 4.78 is 34.2. The topological polar surface area (TPSA) is 307 Å². The van der Waals surface area contributed by atoms with Crippen molar-refractivity contribution in [1.29, 1.82) is 0 Å².